The van der Waals surface area contributed by atoms with Crippen LogP contribution in [-0.4, -0.2) is 14.5 Å². The van der Waals surface area contributed by atoms with Crippen molar-refractivity contribution in [3.05, 3.63) is 115 Å². The molecule has 0 N–H and O–H groups in total. The minimum Gasteiger partial charge on any atom is -0.436 e. The third-order valence-corrected chi connectivity index (χ3v) is 6.61. The van der Waals surface area contributed by atoms with Crippen molar-refractivity contribution >= 4 is 44.0 Å². The summed E-state index contributed by atoms with van der Waals surface area (Å²) in [7, 11) is 0. The topological polar surface area (TPSA) is 80.8 Å². The van der Waals surface area contributed by atoms with Gasteiger partial charge in [-0.1, -0.05) is 24.2 Å². The van der Waals surface area contributed by atoms with Crippen LogP contribution in [0, 0.1) is 11.3 Å². The maximum absolute atomic E-state index is 9.34. The van der Waals surface area contributed by atoms with Crippen LogP contribution in [-0.2, 0) is 0 Å². The number of oxazole rings is 2. The Morgan fingerprint density at radius 1 is 0.667 bits per heavy atom. The summed E-state index contributed by atoms with van der Waals surface area (Å²) in [6.07, 6.45) is 0. The highest BCUT2D eigenvalue weighted by atomic mass is 16.4. The average molecular weight is 511 g/mol. The zero-order valence-corrected chi connectivity index (χ0v) is 19.9. The monoisotopic (exact) mass is 510 g/mol. The van der Waals surface area contributed by atoms with Gasteiger partial charge in [0.05, 0.1) is 33.6 Å². The van der Waals surface area contributed by atoms with Crippen molar-refractivity contribution in [2.75, 3.05) is 0 Å². The highest BCUT2D eigenvalue weighted by Crippen LogP contribution is 2.37. The fraction of sp³-hybridized carbons (Fsp3) is 0. The SMILES string of the molecule is [2H]c1c([2H])c([2H])c2oc(-c3ccc4c(c3)c3cc(-c5nc6c([2H])c([2H])c([2H])c([2H])c6o5)ccc3n4-c3ccc(C#N)cc3)nc2c1[2H]. The zero-order valence-electron chi connectivity index (χ0n) is 27.9. The van der Waals surface area contributed by atoms with Crippen molar-refractivity contribution in [1.29, 1.82) is 5.26 Å². The van der Waals surface area contributed by atoms with Crippen LogP contribution in [0.3, 0.4) is 0 Å². The number of benzene rings is 5. The molecule has 182 valence electrons. The molecular formula is C33H18N4O2. The molecule has 0 aliphatic carbocycles. The summed E-state index contributed by atoms with van der Waals surface area (Å²) in [4.78, 5) is 8.86. The molecule has 0 amide bonds. The van der Waals surface area contributed by atoms with Gasteiger partial charge < -0.3 is 13.4 Å². The summed E-state index contributed by atoms with van der Waals surface area (Å²) in [6.45, 7) is 0. The van der Waals surface area contributed by atoms with Crippen molar-refractivity contribution in [1.82, 2.24) is 14.5 Å². The molecule has 0 saturated carbocycles. The molecule has 0 aliphatic heterocycles. The highest BCUT2D eigenvalue weighted by molar-refractivity contribution is 6.11. The summed E-state index contributed by atoms with van der Waals surface area (Å²) in [5.41, 5.74) is 3.91. The Balaban J connectivity index is 1.38. The van der Waals surface area contributed by atoms with E-state index in [2.05, 4.69) is 16.0 Å². The summed E-state index contributed by atoms with van der Waals surface area (Å²) in [6, 6.07) is 17.4. The zero-order chi connectivity index (χ0) is 32.9. The Hall–Kier alpha value is -5.67. The molecule has 0 fully saturated rings. The molecule has 0 atom stereocenters. The van der Waals surface area contributed by atoms with E-state index < -0.39 is 24.2 Å². The molecule has 0 saturated heterocycles. The maximum atomic E-state index is 9.34. The second kappa shape index (κ2) is 8.17. The molecule has 5 aromatic carbocycles. The van der Waals surface area contributed by atoms with Crippen LogP contribution in [0.2, 0.25) is 0 Å². The van der Waals surface area contributed by atoms with Crippen LogP contribution in [0.1, 0.15) is 16.5 Å². The van der Waals surface area contributed by atoms with E-state index in [9.17, 15) is 5.26 Å². The minimum absolute atomic E-state index is 0.0264. The number of para-hydroxylation sites is 4. The first-order chi connectivity index (χ1) is 22.6. The lowest BCUT2D eigenvalue weighted by Crippen LogP contribution is -1.94. The van der Waals surface area contributed by atoms with E-state index in [0.717, 1.165) is 27.5 Å². The predicted octanol–water partition coefficient (Wildman–Crippen LogP) is 8.27. The van der Waals surface area contributed by atoms with E-state index in [0.29, 0.717) is 16.7 Å². The van der Waals surface area contributed by atoms with E-state index in [-0.39, 0.29) is 58.2 Å². The quantitative estimate of drug-likeness (QED) is 0.239. The van der Waals surface area contributed by atoms with Gasteiger partial charge in [-0.25, -0.2) is 9.97 Å². The van der Waals surface area contributed by atoms with Gasteiger partial charge in [-0.15, -0.1) is 0 Å². The van der Waals surface area contributed by atoms with Gasteiger partial charge in [0.2, 0.25) is 11.8 Å². The van der Waals surface area contributed by atoms with E-state index >= 15 is 0 Å². The Morgan fingerprint density at radius 3 is 1.69 bits per heavy atom. The normalized spacial score (nSPS) is 14.4. The number of aromatic nitrogens is 3. The average Bonchev–Trinajstić information content (AvgIpc) is 3.82. The van der Waals surface area contributed by atoms with Gasteiger partial charge >= 0.3 is 0 Å². The number of fused-ring (bicyclic) bond motifs is 5. The molecule has 8 rings (SSSR count). The number of hydrogen-bond donors (Lipinski definition) is 0. The number of nitriles is 1. The van der Waals surface area contributed by atoms with E-state index in [1.807, 2.05) is 41.0 Å². The van der Waals surface area contributed by atoms with Crippen molar-refractivity contribution in [3.63, 3.8) is 0 Å². The smallest absolute Gasteiger partial charge is 0.227 e. The Kier molecular flexibility index (Phi) is 3.12. The van der Waals surface area contributed by atoms with Gasteiger partial charge in [0.15, 0.2) is 11.2 Å². The summed E-state index contributed by atoms with van der Waals surface area (Å²) >= 11 is 0. The van der Waals surface area contributed by atoms with Gasteiger partial charge in [0, 0.05) is 27.6 Å². The van der Waals surface area contributed by atoms with E-state index in [4.69, 9.17) is 19.8 Å². The Labute approximate surface area is 233 Å². The molecular weight excluding hydrogens is 484 g/mol. The number of rotatable bonds is 3. The van der Waals surface area contributed by atoms with Gasteiger partial charge in [0.25, 0.3) is 0 Å². The summed E-state index contributed by atoms with van der Waals surface area (Å²) in [5, 5.41) is 10.9. The lowest BCUT2D eigenvalue weighted by Gasteiger charge is -2.08. The van der Waals surface area contributed by atoms with Crippen LogP contribution in [0.15, 0.2) is 118 Å². The van der Waals surface area contributed by atoms with Crippen molar-refractivity contribution < 1.29 is 19.8 Å². The second-order valence-electron chi connectivity index (χ2n) is 8.85. The standard InChI is InChI=1S/C33H18N4O2/c34-19-20-9-13-23(14-10-20)37-28-15-11-21(32-35-26-5-1-3-7-30(26)38-32)17-24(28)25-18-22(12-16-29(25)37)33-36-27-6-2-4-8-31(27)39-33/h1-18H/i1D,2D,3D,4D,5D,6D,7D,8D. The van der Waals surface area contributed by atoms with E-state index in [1.165, 1.54) is 0 Å². The first kappa shape index (κ1) is 14.9. The lowest BCUT2D eigenvalue weighted by atomic mass is 10.1. The molecule has 6 nitrogen and oxygen atoms in total. The van der Waals surface area contributed by atoms with E-state index in [1.54, 1.807) is 24.3 Å². The fourth-order valence-corrected chi connectivity index (χ4v) is 4.84. The molecule has 0 radical (unpaired) electrons. The second-order valence-corrected chi connectivity index (χ2v) is 8.85. The molecule has 6 heteroatoms. The first-order valence-corrected chi connectivity index (χ1v) is 11.9. The van der Waals surface area contributed by atoms with Crippen molar-refractivity contribution in [2.45, 2.75) is 0 Å². The lowest BCUT2D eigenvalue weighted by molar-refractivity contribution is 0.619. The van der Waals surface area contributed by atoms with Gasteiger partial charge in [0.1, 0.15) is 11.0 Å². The molecule has 0 bridgehead atoms. The number of hydrogen-bond acceptors (Lipinski definition) is 5. The molecule has 0 aliphatic rings. The maximum Gasteiger partial charge on any atom is 0.227 e. The minimum atomic E-state index is -0.411. The summed E-state index contributed by atoms with van der Waals surface area (Å²) < 4.78 is 78.9. The molecule has 0 unspecified atom stereocenters. The third-order valence-electron chi connectivity index (χ3n) is 6.61. The molecule has 3 heterocycles. The Bertz CT molecular complexity index is 2440. The Morgan fingerprint density at radius 2 is 1.18 bits per heavy atom. The number of nitrogens with zero attached hydrogens (tertiary/aromatic N) is 4. The first-order valence-electron chi connectivity index (χ1n) is 15.9. The van der Waals surface area contributed by atoms with Crippen LogP contribution in [0.4, 0.5) is 0 Å². The van der Waals surface area contributed by atoms with Crippen LogP contribution < -0.4 is 0 Å². The van der Waals surface area contributed by atoms with Crippen LogP contribution in [0.25, 0.3) is 72.6 Å². The van der Waals surface area contributed by atoms with Crippen molar-refractivity contribution in [2.24, 2.45) is 0 Å². The highest BCUT2D eigenvalue weighted by Gasteiger charge is 2.17. The third kappa shape index (κ3) is 3.34. The van der Waals surface area contributed by atoms with Gasteiger partial charge in [-0.2, -0.15) is 5.26 Å². The predicted molar refractivity (Wildman–Crippen MR) is 152 cm³/mol. The van der Waals surface area contributed by atoms with Gasteiger partial charge in [-0.3, -0.25) is 0 Å². The molecule has 0 spiro atoms. The molecule has 3 aromatic heterocycles. The van der Waals surface area contributed by atoms with Crippen LogP contribution >= 0.6 is 0 Å². The van der Waals surface area contributed by atoms with Gasteiger partial charge in [-0.05, 0) is 84.8 Å². The fourth-order valence-electron chi connectivity index (χ4n) is 4.84. The summed E-state index contributed by atoms with van der Waals surface area (Å²) in [5.74, 6) is 0.234. The van der Waals surface area contributed by atoms with Crippen LogP contribution in [0.5, 0.6) is 0 Å². The largest absolute Gasteiger partial charge is 0.436 e. The molecule has 8 aromatic rings. The molecule has 39 heavy (non-hydrogen) atoms. The van der Waals surface area contributed by atoms with Crippen molar-refractivity contribution in [3.8, 4) is 34.7 Å².